The van der Waals surface area contributed by atoms with E-state index in [1.54, 1.807) is 0 Å². The van der Waals surface area contributed by atoms with Gasteiger partial charge < -0.3 is 10.6 Å². The van der Waals surface area contributed by atoms with Gasteiger partial charge in [-0.3, -0.25) is 23.9 Å². The van der Waals surface area contributed by atoms with Gasteiger partial charge in [-0.2, -0.15) is 0 Å². The van der Waals surface area contributed by atoms with Crippen molar-refractivity contribution < 1.29 is 9.59 Å². The molecule has 2 amide bonds. The molecule has 9 heteroatoms. The highest BCUT2D eigenvalue weighted by Gasteiger charge is 2.28. The number of carbonyl (C=O) groups excluding carboxylic acids is 2. The third-order valence-electron chi connectivity index (χ3n) is 4.12. The van der Waals surface area contributed by atoms with Crippen LogP contribution in [-0.2, 0) is 16.1 Å². The monoisotopic (exact) mass is 414 g/mol. The van der Waals surface area contributed by atoms with Crippen LogP contribution >= 0.6 is 15.9 Å². The zero-order valence-corrected chi connectivity index (χ0v) is 15.9. The maximum Gasteiger partial charge on any atom is 0.328 e. The average Bonchev–Trinajstić information content (AvgIpc) is 2.52. The van der Waals surface area contributed by atoms with Gasteiger partial charge in [-0.05, 0) is 49.0 Å². The maximum atomic E-state index is 12.2. The third-order valence-corrected chi connectivity index (χ3v) is 4.69. The minimum atomic E-state index is -0.638. The predicted molar refractivity (Wildman–Crippen MR) is 96.2 cm³/mol. The minimum Gasteiger partial charge on any atom is -0.354 e. The largest absolute Gasteiger partial charge is 0.354 e. The van der Waals surface area contributed by atoms with Gasteiger partial charge in [0.25, 0.3) is 5.56 Å². The Morgan fingerprint density at radius 1 is 1.36 bits per heavy atom. The first-order chi connectivity index (χ1) is 11.8. The zero-order valence-electron chi connectivity index (χ0n) is 14.3. The second-order valence-corrected chi connectivity index (χ2v) is 7.51. The molecular weight excluding hydrogens is 392 g/mol. The summed E-state index contributed by atoms with van der Waals surface area (Å²) < 4.78 is 1.31. The van der Waals surface area contributed by atoms with Gasteiger partial charge in [-0.1, -0.05) is 6.42 Å². The molecule has 0 saturated heterocycles. The lowest BCUT2D eigenvalue weighted by atomic mass is 9.85. The molecule has 0 radical (unpaired) electrons. The number of hydrogen-bond acceptors (Lipinski definition) is 4. The summed E-state index contributed by atoms with van der Waals surface area (Å²) in [4.78, 5) is 49.5. The van der Waals surface area contributed by atoms with E-state index in [1.165, 1.54) is 6.20 Å². The number of halogens is 1. The van der Waals surface area contributed by atoms with Crippen molar-refractivity contribution in [3.05, 3.63) is 31.5 Å². The lowest BCUT2D eigenvalue weighted by molar-refractivity contribution is -0.128. The third kappa shape index (κ3) is 5.55. The molecule has 2 atom stereocenters. The highest BCUT2D eigenvalue weighted by atomic mass is 79.9. The van der Waals surface area contributed by atoms with Gasteiger partial charge in [-0.25, -0.2) is 4.79 Å². The Morgan fingerprint density at radius 3 is 2.76 bits per heavy atom. The zero-order chi connectivity index (χ0) is 18.6. The van der Waals surface area contributed by atoms with Gasteiger partial charge in [0, 0.05) is 24.2 Å². The van der Waals surface area contributed by atoms with E-state index in [1.807, 2.05) is 13.8 Å². The van der Waals surface area contributed by atoms with Crippen molar-refractivity contribution in [3.63, 3.8) is 0 Å². The first kappa shape index (κ1) is 19.4. The number of carbonyl (C=O) groups is 2. The number of rotatable bonds is 5. The summed E-state index contributed by atoms with van der Waals surface area (Å²) in [6, 6.07) is -0.000841. The summed E-state index contributed by atoms with van der Waals surface area (Å²) in [5.41, 5.74) is -1.17. The number of nitrogens with one attached hydrogen (secondary N) is 3. The van der Waals surface area contributed by atoms with Crippen molar-refractivity contribution in [2.75, 3.05) is 0 Å². The molecule has 0 spiro atoms. The van der Waals surface area contributed by atoms with Crippen molar-refractivity contribution in [2.45, 2.75) is 58.2 Å². The highest BCUT2D eigenvalue weighted by molar-refractivity contribution is 9.10. The molecule has 8 nitrogen and oxygen atoms in total. The number of aromatic amines is 1. The van der Waals surface area contributed by atoms with E-state index in [9.17, 15) is 19.2 Å². The van der Waals surface area contributed by atoms with Crippen molar-refractivity contribution in [1.29, 1.82) is 0 Å². The van der Waals surface area contributed by atoms with E-state index in [0.29, 0.717) is 6.42 Å². The van der Waals surface area contributed by atoms with Crippen LogP contribution in [-0.4, -0.2) is 33.4 Å². The van der Waals surface area contributed by atoms with Gasteiger partial charge in [0.05, 0.1) is 4.47 Å². The van der Waals surface area contributed by atoms with Crippen LogP contribution in [0.25, 0.3) is 0 Å². The summed E-state index contributed by atoms with van der Waals surface area (Å²) in [6.07, 6.45) is 4.37. The van der Waals surface area contributed by atoms with Crippen molar-refractivity contribution >= 4 is 27.7 Å². The first-order valence-electron chi connectivity index (χ1n) is 8.35. The molecule has 1 saturated carbocycles. The van der Waals surface area contributed by atoms with Crippen LogP contribution < -0.4 is 21.9 Å². The van der Waals surface area contributed by atoms with E-state index in [0.717, 1.165) is 23.8 Å². The predicted octanol–water partition coefficient (Wildman–Crippen LogP) is 0.499. The summed E-state index contributed by atoms with van der Waals surface area (Å²) in [6.45, 7) is 3.65. The molecule has 1 fully saturated rings. The molecule has 1 aromatic heterocycles. The van der Waals surface area contributed by atoms with Crippen molar-refractivity contribution in [1.82, 2.24) is 20.2 Å². The van der Waals surface area contributed by atoms with E-state index in [2.05, 4.69) is 31.5 Å². The van der Waals surface area contributed by atoms with Crippen LogP contribution in [0.5, 0.6) is 0 Å². The van der Waals surface area contributed by atoms with Gasteiger partial charge >= 0.3 is 5.69 Å². The van der Waals surface area contributed by atoms with E-state index >= 15 is 0 Å². The van der Waals surface area contributed by atoms with E-state index < -0.39 is 11.2 Å². The summed E-state index contributed by atoms with van der Waals surface area (Å²) in [5, 5.41) is 5.79. The maximum absolute atomic E-state index is 12.2. The Balaban J connectivity index is 1.94. The van der Waals surface area contributed by atoms with Crippen LogP contribution in [0.4, 0.5) is 0 Å². The molecule has 1 heterocycles. The molecule has 2 unspecified atom stereocenters. The van der Waals surface area contributed by atoms with Crippen LogP contribution in [0.3, 0.4) is 0 Å². The topological polar surface area (TPSA) is 113 Å². The molecule has 0 aromatic carbocycles. The normalized spacial score (nSPS) is 20.3. The van der Waals surface area contributed by atoms with Crippen molar-refractivity contribution in [2.24, 2.45) is 5.92 Å². The van der Waals surface area contributed by atoms with Crippen molar-refractivity contribution in [3.8, 4) is 0 Å². The van der Waals surface area contributed by atoms with Gasteiger partial charge in [-0.15, -0.1) is 0 Å². The number of H-pyrrole nitrogens is 1. The Kier molecular flexibility index (Phi) is 6.57. The van der Waals surface area contributed by atoms with Crippen LogP contribution in [0.15, 0.2) is 20.3 Å². The van der Waals surface area contributed by atoms with E-state index in [4.69, 9.17) is 0 Å². The molecule has 138 valence electrons. The Bertz CT molecular complexity index is 755. The number of aromatic nitrogens is 2. The average molecular weight is 415 g/mol. The SMILES string of the molecule is CC(C)NC(=O)C1CCCC(NC(=O)Cn2cc(Br)c(=O)[nH]c2=O)C1. The number of hydrogen-bond donors (Lipinski definition) is 3. The van der Waals surface area contributed by atoms with Gasteiger partial charge in [0.15, 0.2) is 0 Å². The lowest BCUT2D eigenvalue weighted by Gasteiger charge is -2.29. The second kappa shape index (κ2) is 8.46. The first-order valence-corrected chi connectivity index (χ1v) is 9.14. The Hall–Kier alpha value is -1.90. The highest BCUT2D eigenvalue weighted by Crippen LogP contribution is 2.24. The van der Waals surface area contributed by atoms with Gasteiger partial charge in [0.2, 0.25) is 11.8 Å². The molecule has 1 aliphatic carbocycles. The number of amides is 2. The molecule has 0 aliphatic heterocycles. The standard InChI is InChI=1S/C16H23BrN4O4/c1-9(2)18-14(23)10-4-3-5-11(6-10)19-13(22)8-21-7-12(17)15(24)20-16(21)25/h7,9-11H,3-6,8H2,1-2H3,(H,18,23)(H,19,22)(H,20,24,25). The van der Waals surface area contributed by atoms with Crippen LogP contribution in [0.1, 0.15) is 39.5 Å². The molecule has 1 aromatic rings. The molecule has 1 aliphatic rings. The fourth-order valence-corrected chi connectivity index (χ4v) is 3.34. The lowest BCUT2D eigenvalue weighted by Crippen LogP contribution is -2.45. The van der Waals surface area contributed by atoms with Crippen LogP contribution in [0, 0.1) is 5.92 Å². The molecule has 0 bridgehead atoms. The summed E-state index contributed by atoms with van der Waals surface area (Å²) in [7, 11) is 0. The molecule has 2 rings (SSSR count). The molecule has 25 heavy (non-hydrogen) atoms. The minimum absolute atomic E-state index is 0.0229. The summed E-state index contributed by atoms with van der Waals surface area (Å²) in [5.74, 6) is -0.405. The Morgan fingerprint density at radius 2 is 2.08 bits per heavy atom. The van der Waals surface area contributed by atoms with E-state index in [-0.39, 0.29) is 40.8 Å². The molecular formula is C16H23BrN4O4. The number of nitrogens with zero attached hydrogens (tertiary/aromatic N) is 1. The van der Waals surface area contributed by atoms with Gasteiger partial charge in [0.1, 0.15) is 6.54 Å². The fourth-order valence-electron chi connectivity index (χ4n) is 2.99. The molecule has 3 N–H and O–H groups in total. The fraction of sp³-hybridized carbons (Fsp3) is 0.625. The summed E-state index contributed by atoms with van der Waals surface area (Å²) >= 11 is 3.03. The Labute approximate surface area is 153 Å². The smallest absolute Gasteiger partial charge is 0.328 e. The van der Waals surface area contributed by atoms with Crippen LogP contribution in [0.2, 0.25) is 0 Å². The quantitative estimate of drug-likeness (QED) is 0.650. The second-order valence-electron chi connectivity index (χ2n) is 6.66.